The zero-order valence-electron chi connectivity index (χ0n) is 13.0. The molecular formula is C18H17NO3S2. The van der Waals surface area contributed by atoms with E-state index in [2.05, 4.69) is 17.4 Å². The van der Waals surface area contributed by atoms with E-state index in [4.69, 9.17) is 0 Å². The van der Waals surface area contributed by atoms with Gasteiger partial charge in [0.05, 0.1) is 4.88 Å². The minimum atomic E-state index is -1.12. The van der Waals surface area contributed by atoms with Gasteiger partial charge in [0, 0.05) is 10.6 Å². The maximum Gasteiger partial charge on any atom is 0.330 e. The van der Waals surface area contributed by atoms with Gasteiger partial charge in [0.1, 0.15) is 5.54 Å². The second-order valence-electron chi connectivity index (χ2n) is 6.27. The first-order valence-corrected chi connectivity index (χ1v) is 9.91. The Balaban J connectivity index is 1.64. The van der Waals surface area contributed by atoms with Crippen LogP contribution in [-0.4, -0.2) is 34.0 Å². The molecule has 2 aliphatic rings. The Kier molecular flexibility index (Phi) is 3.89. The number of carboxylic acid groups (broad SMARTS) is 1. The molecule has 0 saturated carbocycles. The molecule has 1 atom stereocenters. The molecule has 6 heteroatoms. The first-order chi connectivity index (χ1) is 11.6. The average molecular weight is 359 g/mol. The third-order valence-electron chi connectivity index (χ3n) is 4.74. The van der Waals surface area contributed by atoms with Gasteiger partial charge in [0.25, 0.3) is 5.91 Å². The maximum atomic E-state index is 12.7. The topological polar surface area (TPSA) is 66.4 Å². The first-order valence-electron chi connectivity index (χ1n) is 7.94. The molecule has 24 heavy (non-hydrogen) atoms. The zero-order chi connectivity index (χ0) is 16.7. The molecule has 2 N–H and O–H groups in total. The molecule has 1 aromatic heterocycles. The van der Waals surface area contributed by atoms with Crippen molar-refractivity contribution in [2.75, 3.05) is 11.5 Å². The minimum Gasteiger partial charge on any atom is -0.479 e. The fourth-order valence-electron chi connectivity index (χ4n) is 3.35. The lowest BCUT2D eigenvalue weighted by Crippen LogP contribution is -2.54. The lowest BCUT2D eigenvalue weighted by molar-refractivity contribution is -0.143. The van der Waals surface area contributed by atoms with Crippen molar-refractivity contribution in [3.8, 4) is 10.4 Å². The Morgan fingerprint density at radius 2 is 1.96 bits per heavy atom. The van der Waals surface area contributed by atoms with Gasteiger partial charge in [-0.3, -0.25) is 4.79 Å². The minimum absolute atomic E-state index is 0.267. The molecular weight excluding hydrogens is 342 g/mol. The van der Waals surface area contributed by atoms with Crippen LogP contribution in [0.1, 0.15) is 27.2 Å². The number of hydrogen-bond donors (Lipinski definition) is 2. The zero-order valence-corrected chi connectivity index (χ0v) is 14.6. The van der Waals surface area contributed by atoms with Gasteiger partial charge in [0.2, 0.25) is 0 Å². The summed E-state index contributed by atoms with van der Waals surface area (Å²) < 4.78 is 0. The Hall–Kier alpha value is -1.79. The molecule has 0 radical (unpaired) electrons. The van der Waals surface area contributed by atoms with E-state index >= 15 is 0 Å². The van der Waals surface area contributed by atoms with Gasteiger partial charge in [-0.1, -0.05) is 24.3 Å². The van der Waals surface area contributed by atoms with E-state index in [0.717, 1.165) is 23.5 Å². The van der Waals surface area contributed by atoms with E-state index in [1.54, 1.807) is 11.8 Å². The number of amides is 1. The molecule has 1 aromatic carbocycles. The fourth-order valence-corrected chi connectivity index (χ4v) is 5.84. The number of carboxylic acids is 1. The largest absolute Gasteiger partial charge is 0.479 e. The molecule has 2 aromatic rings. The van der Waals surface area contributed by atoms with Crippen LogP contribution < -0.4 is 5.32 Å². The molecule has 0 bridgehead atoms. The highest BCUT2D eigenvalue weighted by molar-refractivity contribution is 7.99. The number of hydrogen-bond acceptors (Lipinski definition) is 4. The molecule has 1 aliphatic heterocycles. The van der Waals surface area contributed by atoms with Crippen LogP contribution in [0.25, 0.3) is 10.4 Å². The number of thiophene rings is 1. The van der Waals surface area contributed by atoms with Crippen molar-refractivity contribution in [3.05, 3.63) is 46.3 Å². The molecule has 2 heterocycles. The summed E-state index contributed by atoms with van der Waals surface area (Å²) in [5.74, 6) is -0.00704. The number of aliphatic carboxylic acids is 1. The van der Waals surface area contributed by atoms with E-state index < -0.39 is 11.5 Å². The van der Waals surface area contributed by atoms with Gasteiger partial charge in [-0.15, -0.1) is 11.3 Å². The highest BCUT2D eigenvalue weighted by atomic mass is 32.2. The van der Waals surface area contributed by atoms with Gasteiger partial charge < -0.3 is 10.4 Å². The van der Waals surface area contributed by atoms with Crippen LogP contribution in [0.15, 0.2) is 30.3 Å². The summed E-state index contributed by atoms with van der Waals surface area (Å²) in [4.78, 5) is 26.0. The van der Waals surface area contributed by atoms with Crippen molar-refractivity contribution in [2.45, 2.75) is 24.8 Å². The van der Waals surface area contributed by atoms with E-state index in [-0.39, 0.29) is 5.91 Å². The summed E-state index contributed by atoms with van der Waals surface area (Å²) >= 11 is 3.04. The van der Waals surface area contributed by atoms with Crippen LogP contribution in [-0.2, 0) is 17.6 Å². The van der Waals surface area contributed by atoms with E-state index in [1.807, 2.05) is 18.2 Å². The number of fused-ring (bicyclic) bond motifs is 3. The molecule has 4 nitrogen and oxygen atoms in total. The predicted molar refractivity (Wildman–Crippen MR) is 96.9 cm³/mol. The fraction of sp³-hybridized carbons (Fsp3) is 0.333. The van der Waals surface area contributed by atoms with Gasteiger partial charge in [0.15, 0.2) is 0 Å². The number of benzene rings is 1. The summed E-state index contributed by atoms with van der Waals surface area (Å²) in [6.45, 7) is 0. The molecule has 0 spiro atoms. The van der Waals surface area contributed by atoms with Crippen molar-refractivity contribution >= 4 is 35.0 Å². The van der Waals surface area contributed by atoms with Crippen LogP contribution in [0.2, 0.25) is 0 Å². The molecule has 4 rings (SSSR count). The van der Waals surface area contributed by atoms with Gasteiger partial charge >= 0.3 is 5.97 Å². The summed E-state index contributed by atoms with van der Waals surface area (Å²) in [7, 11) is 0. The normalized spacial score (nSPS) is 21.8. The average Bonchev–Trinajstić information content (AvgIpc) is 3.22. The van der Waals surface area contributed by atoms with Crippen LogP contribution in [0.5, 0.6) is 0 Å². The van der Waals surface area contributed by atoms with Crippen molar-refractivity contribution < 1.29 is 14.7 Å². The van der Waals surface area contributed by atoms with Crippen molar-refractivity contribution in [1.29, 1.82) is 0 Å². The van der Waals surface area contributed by atoms with Crippen molar-refractivity contribution in [1.82, 2.24) is 5.32 Å². The maximum absolute atomic E-state index is 12.7. The summed E-state index contributed by atoms with van der Waals surface area (Å²) in [6.07, 6.45) is 2.39. The first kappa shape index (κ1) is 15.7. The van der Waals surface area contributed by atoms with E-state index in [1.165, 1.54) is 28.0 Å². The van der Waals surface area contributed by atoms with Crippen molar-refractivity contribution in [2.24, 2.45) is 0 Å². The molecule has 1 fully saturated rings. The second-order valence-corrected chi connectivity index (χ2v) is 8.42. The van der Waals surface area contributed by atoms with Crippen LogP contribution in [0, 0.1) is 0 Å². The van der Waals surface area contributed by atoms with Crippen LogP contribution in [0.4, 0.5) is 0 Å². The van der Waals surface area contributed by atoms with Gasteiger partial charge in [-0.25, -0.2) is 4.79 Å². The molecule has 1 aliphatic carbocycles. The molecule has 1 saturated heterocycles. The monoisotopic (exact) mass is 359 g/mol. The highest BCUT2D eigenvalue weighted by Gasteiger charge is 2.43. The number of nitrogens with one attached hydrogen (secondary N) is 1. The number of rotatable bonds is 3. The Bertz CT molecular complexity index is 821. The number of thioether (sulfide) groups is 1. The number of carbonyl (C=O) groups is 2. The smallest absolute Gasteiger partial charge is 0.330 e. The standard InChI is InChI=1S/C18H17NO3S2/c20-16(19-18(17(21)22)7-8-23-10-18)14-9-12-6-5-11-3-1-2-4-13(11)15(12)24-14/h1-4,9H,5-8,10H2,(H,19,20)(H,21,22). The molecule has 124 valence electrons. The molecule has 1 amide bonds. The van der Waals surface area contributed by atoms with Crippen molar-refractivity contribution in [3.63, 3.8) is 0 Å². The third kappa shape index (κ3) is 2.54. The quantitative estimate of drug-likeness (QED) is 0.883. The lowest BCUT2D eigenvalue weighted by atomic mass is 9.91. The molecule has 1 unspecified atom stereocenters. The summed E-state index contributed by atoms with van der Waals surface area (Å²) in [5.41, 5.74) is 2.58. The van der Waals surface area contributed by atoms with E-state index in [0.29, 0.717) is 17.1 Å². The number of aryl methyl sites for hydroxylation is 2. The summed E-state index contributed by atoms with van der Waals surface area (Å²) in [5, 5.41) is 12.3. The van der Waals surface area contributed by atoms with Gasteiger partial charge in [-0.2, -0.15) is 11.8 Å². The SMILES string of the molecule is O=C(NC1(C(=O)O)CCSC1)c1cc2c(s1)-c1ccccc1CC2. The highest BCUT2D eigenvalue weighted by Crippen LogP contribution is 2.39. The summed E-state index contributed by atoms with van der Waals surface area (Å²) in [6, 6.07) is 10.2. The van der Waals surface area contributed by atoms with Crippen LogP contribution >= 0.6 is 23.1 Å². The second kappa shape index (κ2) is 5.93. The van der Waals surface area contributed by atoms with Gasteiger partial charge in [-0.05, 0) is 47.8 Å². The lowest BCUT2D eigenvalue weighted by Gasteiger charge is -2.24. The number of carbonyl (C=O) groups excluding carboxylic acids is 1. The Labute approximate surface area is 148 Å². The predicted octanol–water partition coefficient (Wildman–Crippen LogP) is 3.20. The van der Waals surface area contributed by atoms with E-state index in [9.17, 15) is 14.7 Å². The van der Waals surface area contributed by atoms with Crippen LogP contribution in [0.3, 0.4) is 0 Å². The Morgan fingerprint density at radius 1 is 1.17 bits per heavy atom. The third-order valence-corrected chi connectivity index (χ3v) is 7.14. The Morgan fingerprint density at radius 3 is 2.71 bits per heavy atom.